The Bertz CT molecular complexity index is 799. The number of hydrogen-bond donors (Lipinski definition) is 1. The number of halogens is 1. The summed E-state index contributed by atoms with van der Waals surface area (Å²) in [6, 6.07) is 5.64. The summed E-state index contributed by atoms with van der Waals surface area (Å²) < 4.78 is 5.45. The molecule has 6 nitrogen and oxygen atoms in total. The van der Waals surface area contributed by atoms with Crippen LogP contribution in [-0.2, 0) is 4.74 Å². The molecule has 3 rings (SSSR count). The predicted octanol–water partition coefficient (Wildman–Crippen LogP) is 5.76. The standard InChI is InChI=1S/C20H27ClN4O2.C2H6/c1-20(2,3)27-19(26)25-10-7-14(8-11-25)6-9-22-18-16-5-4-15(21)12-17(16)23-13-24-18;1-2/h4-5,12-14H,6-11H2,1-3H3,(H,22,23,24);1-2H3. The Morgan fingerprint density at radius 2 is 1.93 bits per heavy atom. The normalized spacial score (nSPS) is 14.9. The topological polar surface area (TPSA) is 67.3 Å². The Labute approximate surface area is 179 Å². The first-order valence-corrected chi connectivity index (χ1v) is 10.8. The van der Waals surface area contributed by atoms with Crippen LogP contribution in [0.1, 0.15) is 53.9 Å². The van der Waals surface area contributed by atoms with Crippen LogP contribution in [0.15, 0.2) is 24.5 Å². The zero-order valence-electron chi connectivity index (χ0n) is 18.2. The predicted molar refractivity (Wildman–Crippen MR) is 120 cm³/mol. The molecule has 29 heavy (non-hydrogen) atoms. The number of ether oxygens (including phenoxy) is 1. The number of rotatable bonds is 4. The molecule has 1 fully saturated rings. The molecule has 1 aliphatic heterocycles. The van der Waals surface area contributed by atoms with Gasteiger partial charge < -0.3 is 15.0 Å². The van der Waals surface area contributed by atoms with E-state index in [1.54, 1.807) is 6.33 Å². The molecule has 2 heterocycles. The monoisotopic (exact) mass is 420 g/mol. The van der Waals surface area contributed by atoms with Crippen molar-refractivity contribution in [1.82, 2.24) is 14.9 Å². The van der Waals surface area contributed by atoms with E-state index in [0.29, 0.717) is 10.9 Å². The molecule has 0 atom stereocenters. The van der Waals surface area contributed by atoms with Crippen molar-refractivity contribution in [1.29, 1.82) is 0 Å². The molecule has 0 bridgehead atoms. The first-order valence-electron chi connectivity index (χ1n) is 10.4. The number of benzene rings is 1. The van der Waals surface area contributed by atoms with Gasteiger partial charge in [0.05, 0.1) is 5.52 Å². The number of likely N-dealkylation sites (tertiary alicyclic amines) is 1. The van der Waals surface area contributed by atoms with Crippen molar-refractivity contribution in [2.45, 2.75) is 59.5 Å². The van der Waals surface area contributed by atoms with Crippen LogP contribution >= 0.6 is 11.6 Å². The molecule has 1 aromatic carbocycles. The largest absolute Gasteiger partial charge is 0.444 e. The van der Waals surface area contributed by atoms with Crippen molar-refractivity contribution in [2.24, 2.45) is 5.92 Å². The third-order valence-electron chi connectivity index (χ3n) is 4.71. The highest BCUT2D eigenvalue weighted by atomic mass is 35.5. The highest BCUT2D eigenvalue weighted by Gasteiger charge is 2.26. The van der Waals surface area contributed by atoms with Gasteiger partial charge in [0.25, 0.3) is 0 Å². The molecule has 0 saturated carbocycles. The summed E-state index contributed by atoms with van der Waals surface area (Å²) in [5, 5.41) is 5.06. The SMILES string of the molecule is CC.CC(C)(C)OC(=O)N1CCC(CCNc2ncnc3cc(Cl)ccc23)CC1. The Balaban J connectivity index is 0.00000145. The van der Waals surface area contributed by atoms with Gasteiger partial charge in [-0.2, -0.15) is 0 Å². The molecule has 1 aliphatic rings. The van der Waals surface area contributed by atoms with E-state index in [1.807, 2.05) is 57.7 Å². The lowest BCUT2D eigenvalue weighted by atomic mass is 9.94. The number of nitrogens with zero attached hydrogens (tertiary/aromatic N) is 3. The van der Waals surface area contributed by atoms with Gasteiger partial charge in [-0.15, -0.1) is 0 Å². The van der Waals surface area contributed by atoms with Gasteiger partial charge >= 0.3 is 6.09 Å². The molecule has 1 aromatic heterocycles. The number of anilines is 1. The van der Waals surface area contributed by atoms with Crippen molar-refractivity contribution in [3.05, 3.63) is 29.5 Å². The Morgan fingerprint density at radius 1 is 1.24 bits per heavy atom. The van der Waals surface area contributed by atoms with E-state index < -0.39 is 5.60 Å². The molecule has 0 radical (unpaired) electrons. The average Bonchev–Trinajstić information content (AvgIpc) is 2.68. The lowest BCUT2D eigenvalue weighted by Crippen LogP contribution is -2.41. The van der Waals surface area contributed by atoms with Crippen molar-refractivity contribution in [2.75, 3.05) is 25.0 Å². The molecule has 7 heteroatoms. The van der Waals surface area contributed by atoms with Crippen LogP contribution in [0.2, 0.25) is 5.02 Å². The van der Waals surface area contributed by atoms with E-state index in [-0.39, 0.29) is 6.09 Å². The van der Waals surface area contributed by atoms with Crippen LogP contribution in [0.4, 0.5) is 10.6 Å². The number of aromatic nitrogens is 2. The summed E-state index contributed by atoms with van der Waals surface area (Å²) in [5.74, 6) is 1.43. The van der Waals surface area contributed by atoms with Crippen LogP contribution in [0, 0.1) is 5.92 Å². The number of hydrogen-bond acceptors (Lipinski definition) is 5. The van der Waals surface area contributed by atoms with Crippen LogP contribution in [0.25, 0.3) is 10.9 Å². The lowest BCUT2D eigenvalue weighted by Gasteiger charge is -2.33. The van der Waals surface area contributed by atoms with Crippen molar-refractivity contribution in [3.63, 3.8) is 0 Å². The van der Waals surface area contributed by atoms with E-state index >= 15 is 0 Å². The minimum absolute atomic E-state index is 0.204. The van der Waals surface area contributed by atoms with Crippen LogP contribution in [0.5, 0.6) is 0 Å². The van der Waals surface area contributed by atoms with Crippen molar-refractivity contribution < 1.29 is 9.53 Å². The summed E-state index contributed by atoms with van der Waals surface area (Å²) in [6.07, 6.45) is 4.40. The van der Waals surface area contributed by atoms with E-state index in [9.17, 15) is 4.79 Å². The molecule has 160 valence electrons. The molecule has 1 N–H and O–H groups in total. The fraction of sp³-hybridized carbons (Fsp3) is 0.591. The maximum atomic E-state index is 12.1. The van der Waals surface area contributed by atoms with Crippen LogP contribution in [0.3, 0.4) is 0 Å². The van der Waals surface area contributed by atoms with Crippen molar-refractivity contribution >= 4 is 34.4 Å². The second-order valence-corrected chi connectivity index (χ2v) is 8.45. The summed E-state index contributed by atoms with van der Waals surface area (Å²) >= 11 is 6.03. The number of amides is 1. The van der Waals surface area contributed by atoms with E-state index in [2.05, 4.69) is 15.3 Å². The number of nitrogens with one attached hydrogen (secondary N) is 1. The van der Waals surface area contributed by atoms with Gasteiger partial charge in [-0.3, -0.25) is 0 Å². The quantitative estimate of drug-likeness (QED) is 0.681. The molecule has 1 saturated heterocycles. The molecular formula is C22H33ClN4O2. The molecule has 0 unspecified atom stereocenters. The van der Waals surface area contributed by atoms with Gasteiger partial charge in [-0.25, -0.2) is 14.8 Å². The minimum Gasteiger partial charge on any atom is -0.444 e. The molecule has 0 spiro atoms. The third-order valence-corrected chi connectivity index (χ3v) is 4.94. The fourth-order valence-electron chi connectivity index (χ4n) is 3.30. The second-order valence-electron chi connectivity index (χ2n) is 8.01. The smallest absolute Gasteiger partial charge is 0.410 e. The first-order chi connectivity index (χ1) is 13.8. The zero-order valence-corrected chi connectivity index (χ0v) is 18.9. The maximum absolute atomic E-state index is 12.1. The van der Waals surface area contributed by atoms with Gasteiger partial charge in [-0.1, -0.05) is 25.4 Å². The Hall–Kier alpha value is -2.08. The maximum Gasteiger partial charge on any atom is 0.410 e. The molecule has 0 aliphatic carbocycles. The number of carbonyl (C=O) groups excluding carboxylic acids is 1. The summed E-state index contributed by atoms with van der Waals surface area (Å²) in [7, 11) is 0. The van der Waals surface area contributed by atoms with Crippen LogP contribution in [-0.4, -0.2) is 46.2 Å². The summed E-state index contributed by atoms with van der Waals surface area (Å²) in [4.78, 5) is 22.6. The highest BCUT2D eigenvalue weighted by molar-refractivity contribution is 6.31. The Morgan fingerprint density at radius 3 is 2.59 bits per heavy atom. The van der Waals surface area contributed by atoms with Crippen LogP contribution < -0.4 is 5.32 Å². The van der Waals surface area contributed by atoms with E-state index in [0.717, 1.165) is 55.6 Å². The average molecular weight is 421 g/mol. The van der Waals surface area contributed by atoms with Gasteiger partial charge in [0, 0.05) is 30.0 Å². The third kappa shape index (κ3) is 7.03. The molecule has 2 aromatic rings. The van der Waals surface area contributed by atoms with Gasteiger partial charge in [0.2, 0.25) is 0 Å². The number of piperidine rings is 1. The second kappa shape index (κ2) is 10.6. The first kappa shape index (κ1) is 23.2. The Kier molecular flexibility index (Phi) is 8.50. The lowest BCUT2D eigenvalue weighted by molar-refractivity contribution is 0.0182. The zero-order chi connectivity index (χ0) is 21.4. The fourth-order valence-corrected chi connectivity index (χ4v) is 3.46. The molecular weight excluding hydrogens is 388 g/mol. The van der Waals surface area contributed by atoms with Gasteiger partial charge in [0.1, 0.15) is 17.7 Å². The van der Waals surface area contributed by atoms with E-state index in [1.165, 1.54) is 0 Å². The van der Waals surface area contributed by atoms with Gasteiger partial charge in [-0.05, 0) is 64.2 Å². The van der Waals surface area contributed by atoms with Gasteiger partial charge in [0.15, 0.2) is 0 Å². The molecule has 1 amide bonds. The van der Waals surface area contributed by atoms with Crippen molar-refractivity contribution in [3.8, 4) is 0 Å². The summed E-state index contributed by atoms with van der Waals surface area (Å²) in [5.41, 5.74) is 0.397. The number of fused-ring (bicyclic) bond motifs is 1. The summed E-state index contributed by atoms with van der Waals surface area (Å²) in [6.45, 7) is 12.0. The number of carbonyl (C=O) groups is 1. The minimum atomic E-state index is -0.442. The highest BCUT2D eigenvalue weighted by Crippen LogP contribution is 2.25. The van der Waals surface area contributed by atoms with E-state index in [4.69, 9.17) is 16.3 Å².